The van der Waals surface area contributed by atoms with Gasteiger partial charge in [0.1, 0.15) is 0 Å². The van der Waals surface area contributed by atoms with E-state index in [2.05, 4.69) is 67.7 Å². The van der Waals surface area contributed by atoms with Crippen LogP contribution in [0.4, 0.5) is 0 Å². The number of benzene rings is 2. The first-order valence-corrected chi connectivity index (χ1v) is 7.72. The number of piperidine rings is 1. The molecule has 5 atom stereocenters. The topological polar surface area (TPSA) is 32.3 Å². The molecule has 2 heteroatoms. The minimum absolute atomic E-state index is 0.183. The van der Waals surface area contributed by atoms with Gasteiger partial charge in [0.2, 0.25) is 0 Å². The molecule has 0 radical (unpaired) electrons. The van der Waals surface area contributed by atoms with Gasteiger partial charge in [0.05, 0.1) is 6.10 Å². The van der Waals surface area contributed by atoms with Crippen molar-refractivity contribution in [2.45, 2.75) is 32.0 Å². The van der Waals surface area contributed by atoms with Gasteiger partial charge in [0.15, 0.2) is 0 Å². The second-order valence-electron chi connectivity index (χ2n) is 6.15. The van der Waals surface area contributed by atoms with Crippen molar-refractivity contribution in [2.24, 2.45) is 11.8 Å². The highest BCUT2D eigenvalue weighted by Crippen LogP contribution is 2.40. The molecular formula is C19H23NO. The van der Waals surface area contributed by atoms with Crippen LogP contribution < -0.4 is 5.32 Å². The van der Waals surface area contributed by atoms with Crippen LogP contribution in [-0.4, -0.2) is 11.2 Å². The second-order valence-corrected chi connectivity index (χ2v) is 6.15. The van der Waals surface area contributed by atoms with Gasteiger partial charge in [-0.05, 0) is 11.1 Å². The monoisotopic (exact) mass is 281 g/mol. The highest BCUT2D eigenvalue weighted by Gasteiger charge is 2.40. The van der Waals surface area contributed by atoms with E-state index >= 15 is 0 Å². The van der Waals surface area contributed by atoms with E-state index in [1.165, 1.54) is 11.1 Å². The second kappa shape index (κ2) is 6.00. The molecule has 1 saturated heterocycles. The Morgan fingerprint density at radius 1 is 0.714 bits per heavy atom. The molecule has 2 aromatic carbocycles. The normalized spacial score (nSPS) is 32.8. The molecule has 1 aliphatic rings. The average molecular weight is 281 g/mol. The SMILES string of the molecule is C[C@@H]1C(O)[C@H](C)[C@H](c2ccccc2)N[C@@H]1c1ccccc1. The van der Waals surface area contributed by atoms with E-state index in [1.54, 1.807) is 0 Å². The highest BCUT2D eigenvalue weighted by molar-refractivity contribution is 5.26. The summed E-state index contributed by atoms with van der Waals surface area (Å²) < 4.78 is 0. The van der Waals surface area contributed by atoms with Gasteiger partial charge >= 0.3 is 0 Å². The Bertz CT molecular complexity index is 517. The lowest BCUT2D eigenvalue weighted by atomic mass is 9.75. The molecular weight excluding hydrogens is 258 g/mol. The Morgan fingerprint density at radius 2 is 1.10 bits per heavy atom. The first-order chi connectivity index (χ1) is 10.2. The molecule has 1 aliphatic heterocycles. The maximum absolute atomic E-state index is 10.7. The molecule has 0 bridgehead atoms. The van der Waals surface area contributed by atoms with E-state index in [4.69, 9.17) is 0 Å². The number of aliphatic hydroxyl groups is 1. The average Bonchev–Trinajstić information content (AvgIpc) is 2.55. The quantitative estimate of drug-likeness (QED) is 0.879. The minimum atomic E-state index is -0.304. The van der Waals surface area contributed by atoms with Crippen LogP contribution in [0, 0.1) is 11.8 Å². The molecule has 2 N–H and O–H groups in total. The third-order valence-corrected chi connectivity index (χ3v) is 4.81. The standard InChI is InChI=1S/C19H23NO/c1-13-17(15-9-5-3-6-10-15)20-18(14(2)19(13)21)16-11-7-4-8-12-16/h3-14,17-21H,1-2H3/t13-,14+,17-,18+,19?. The maximum atomic E-state index is 10.7. The summed E-state index contributed by atoms with van der Waals surface area (Å²) in [5.41, 5.74) is 2.49. The molecule has 2 nitrogen and oxygen atoms in total. The molecule has 3 rings (SSSR count). The predicted molar refractivity (Wildman–Crippen MR) is 85.8 cm³/mol. The van der Waals surface area contributed by atoms with Crippen LogP contribution >= 0.6 is 0 Å². The van der Waals surface area contributed by atoms with Crippen molar-refractivity contribution in [1.82, 2.24) is 5.32 Å². The Balaban J connectivity index is 1.93. The Kier molecular flexibility index (Phi) is 4.09. The van der Waals surface area contributed by atoms with Crippen LogP contribution in [0.1, 0.15) is 37.1 Å². The van der Waals surface area contributed by atoms with Gasteiger partial charge in [0, 0.05) is 23.9 Å². The largest absolute Gasteiger partial charge is 0.392 e. The molecule has 0 spiro atoms. The summed E-state index contributed by atoms with van der Waals surface area (Å²) in [6, 6.07) is 21.2. The molecule has 2 aromatic rings. The van der Waals surface area contributed by atoms with Gasteiger partial charge in [-0.15, -0.1) is 0 Å². The zero-order valence-corrected chi connectivity index (χ0v) is 12.6. The van der Waals surface area contributed by atoms with Crippen molar-refractivity contribution < 1.29 is 5.11 Å². The van der Waals surface area contributed by atoms with Crippen LogP contribution in [0.5, 0.6) is 0 Å². The maximum Gasteiger partial charge on any atom is 0.0627 e. The summed E-state index contributed by atoms with van der Waals surface area (Å²) in [6.07, 6.45) is -0.304. The van der Waals surface area contributed by atoms with Crippen LogP contribution in [0.15, 0.2) is 60.7 Å². The zero-order valence-electron chi connectivity index (χ0n) is 12.6. The molecule has 0 amide bonds. The van der Waals surface area contributed by atoms with E-state index < -0.39 is 0 Å². The highest BCUT2D eigenvalue weighted by atomic mass is 16.3. The van der Waals surface area contributed by atoms with Crippen molar-refractivity contribution in [3.8, 4) is 0 Å². The van der Waals surface area contributed by atoms with Gasteiger partial charge < -0.3 is 10.4 Å². The smallest absolute Gasteiger partial charge is 0.0627 e. The van der Waals surface area contributed by atoms with Crippen molar-refractivity contribution in [3.05, 3.63) is 71.8 Å². The van der Waals surface area contributed by atoms with E-state index in [-0.39, 0.29) is 30.0 Å². The Morgan fingerprint density at radius 3 is 1.48 bits per heavy atom. The van der Waals surface area contributed by atoms with Gasteiger partial charge in [-0.25, -0.2) is 0 Å². The Hall–Kier alpha value is -1.64. The lowest BCUT2D eigenvalue weighted by Gasteiger charge is -2.44. The molecule has 0 aliphatic carbocycles. The van der Waals surface area contributed by atoms with E-state index in [1.807, 2.05) is 12.1 Å². The van der Waals surface area contributed by atoms with E-state index in [0.717, 1.165) is 0 Å². The summed E-state index contributed by atoms with van der Waals surface area (Å²) in [4.78, 5) is 0. The lowest BCUT2D eigenvalue weighted by Crippen LogP contribution is -2.48. The molecule has 110 valence electrons. The third kappa shape index (κ3) is 2.74. The Labute approximate surface area is 126 Å². The fraction of sp³-hybridized carbons (Fsp3) is 0.368. The summed E-state index contributed by atoms with van der Waals surface area (Å²) in [6.45, 7) is 4.26. The number of rotatable bonds is 2. The number of hydrogen-bond acceptors (Lipinski definition) is 2. The minimum Gasteiger partial charge on any atom is -0.392 e. The van der Waals surface area contributed by atoms with Gasteiger partial charge in [-0.3, -0.25) is 0 Å². The van der Waals surface area contributed by atoms with Crippen molar-refractivity contribution in [1.29, 1.82) is 0 Å². The molecule has 1 heterocycles. The number of hydrogen-bond donors (Lipinski definition) is 2. The third-order valence-electron chi connectivity index (χ3n) is 4.81. The number of nitrogens with one attached hydrogen (secondary N) is 1. The molecule has 0 aromatic heterocycles. The summed E-state index contributed by atoms with van der Waals surface area (Å²) >= 11 is 0. The van der Waals surface area contributed by atoms with Crippen LogP contribution in [-0.2, 0) is 0 Å². The van der Waals surface area contributed by atoms with Crippen molar-refractivity contribution in [2.75, 3.05) is 0 Å². The molecule has 1 unspecified atom stereocenters. The van der Waals surface area contributed by atoms with Crippen molar-refractivity contribution >= 4 is 0 Å². The molecule has 21 heavy (non-hydrogen) atoms. The van der Waals surface area contributed by atoms with Gasteiger partial charge in [-0.2, -0.15) is 0 Å². The van der Waals surface area contributed by atoms with Crippen LogP contribution in [0.2, 0.25) is 0 Å². The first kappa shape index (κ1) is 14.3. The fourth-order valence-electron chi connectivity index (χ4n) is 3.49. The summed E-state index contributed by atoms with van der Waals surface area (Å²) in [7, 11) is 0. The molecule has 0 saturated carbocycles. The van der Waals surface area contributed by atoms with Crippen LogP contribution in [0.25, 0.3) is 0 Å². The van der Waals surface area contributed by atoms with E-state index in [9.17, 15) is 5.11 Å². The molecule has 1 fully saturated rings. The fourth-order valence-corrected chi connectivity index (χ4v) is 3.49. The van der Waals surface area contributed by atoms with Gasteiger partial charge in [-0.1, -0.05) is 74.5 Å². The zero-order chi connectivity index (χ0) is 14.8. The van der Waals surface area contributed by atoms with E-state index in [0.29, 0.717) is 0 Å². The lowest BCUT2D eigenvalue weighted by molar-refractivity contribution is -0.00676. The first-order valence-electron chi connectivity index (χ1n) is 7.72. The summed E-state index contributed by atoms with van der Waals surface area (Å²) in [5, 5.41) is 14.4. The van der Waals surface area contributed by atoms with Crippen LogP contribution in [0.3, 0.4) is 0 Å². The van der Waals surface area contributed by atoms with Crippen molar-refractivity contribution in [3.63, 3.8) is 0 Å². The predicted octanol–water partition coefficient (Wildman–Crippen LogP) is 3.71. The summed E-state index contributed by atoms with van der Waals surface area (Å²) in [5.74, 6) is 0.393. The van der Waals surface area contributed by atoms with Gasteiger partial charge in [0.25, 0.3) is 0 Å². The number of aliphatic hydroxyl groups excluding tert-OH is 1.